The van der Waals surface area contributed by atoms with E-state index in [1.165, 1.54) is 7.11 Å². The van der Waals surface area contributed by atoms with Crippen LogP contribution >= 0.6 is 0 Å². The van der Waals surface area contributed by atoms with E-state index in [0.29, 0.717) is 36.2 Å². The maximum absolute atomic E-state index is 12.5. The number of carbonyl (C=O) groups is 1. The van der Waals surface area contributed by atoms with Crippen LogP contribution in [0.5, 0.6) is 5.88 Å². The standard InChI is InChI=1S/C26H36F3N5O5Si/c1-8-12-37-17-13-19(39-18(17)15-38-40(6,7)25(2,3)4)34-14-16(10-9-11-31-23(35)26(27,28)29)20-21(34)32-24(30)33-22(20)36-5/h8,14,17-19H,1,11-13,15H2,2-7H3,(H,31,35)(H2,30,32,33)/t17-,18+,19+/m0/s1. The van der Waals surface area contributed by atoms with Crippen LogP contribution in [0, 0.1) is 11.8 Å². The molecule has 3 N–H and O–H groups in total. The molecule has 0 aliphatic carbocycles. The topological polar surface area (TPSA) is 123 Å². The lowest BCUT2D eigenvalue weighted by atomic mass is 10.2. The van der Waals surface area contributed by atoms with Gasteiger partial charge in [0.2, 0.25) is 11.8 Å². The molecule has 220 valence electrons. The minimum Gasteiger partial charge on any atom is -0.480 e. The second-order valence-corrected chi connectivity index (χ2v) is 15.6. The lowest BCUT2D eigenvalue weighted by Crippen LogP contribution is -2.44. The molecular weight excluding hydrogens is 547 g/mol. The zero-order chi connectivity index (χ0) is 29.9. The average Bonchev–Trinajstić information content (AvgIpc) is 3.43. The van der Waals surface area contributed by atoms with Crippen molar-refractivity contribution in [1.82, 2.24) is 19.9 Å². The number of nitrogen functional groups attached to an aromatic ring is 1. The van der Waals surface area contributed by atoms with Crippen molar-refractivity contribution in [3.8, 4) is 17.7 Å². The maximum atomic E-state index is 12.5. The molecule has 2 aromatic rings. The molecule has 40 heavy (non-hydrogen) atoms. The lowest BCUT2D eigenvalue weighted by molar-refractivity contribution is -0.173. The Morgan fingerprint density at radius 2 is 2.05 bits per heavy atom. The van der Waals surface area contributed by atoms with E-state index in [-0.39, 0.29) is 29.1 Å². The number of anilines is 1. The van der Waals surface area contributed by atoms with E-state index in [1.807, 2.05) is 0 Å². The molecule has 1 saturated heterocycles. The zero-order valence-electron chi connectivity index (χ0n) is 23.5. The van der Waals surface area contributed by atoms with Crippen LogP contribution in [0.3, 0.4) is 0 Å². The number of alkyl halides is 3. The van der Waals surface area contributed by atoms with Crippen molar-refractivity contribution in [3.63, 3.8) is 0 Å². The Hall–Kier alpha value is -3.12. The normalized spacial score (nSPS) is 19.8. The third-order valence-electron chi connectivity index (χ3n) is 7.00. The summed E-state index contributed by atoms with van der Waals surface area (Å²) in [6.07, 6.45) is -2.49. The predicted molar refractivity (Wildman–Crippen MR) is 146 cm³/mol. The minimum atomic E-state index is -5.00. The molecule has 1 aliphatic rings. The number of nitrogens with two attached hydrogens (primary N) is 1. The number of carbonyl (C=O) groups excluding carboxylic acids is 1. The van der Waals surface area contributed by atoms with Gasteiger partial charge in [-0.1, -0.05) is 38.7 Å². The Morgan fingerprint density at radius 1 is 1.35 bits per heavy atom. The summed E-state index contributed by atoms with van der Waals surface area (Å²) in [5, 5.41) is 2.14. The van der Waals surface area contributed by atoms with Gasteiger partial charge in [-0.25, -0.2) is 0 Å². The monoisotopic (exact) mass is 583 g/mol. The molecule has 10 nitrogen and oxygen atoms in total. The third kappa shape index (κ3) is 7.14. The number of nitrogens with zero attached hydrogens (tertiary/aromatic N) is 3. The van der Waals surface area contributed by atoms with Gasteiger partial charge in [-0.3, -0.25) is 4.79 Å². The fourth-order valence-electron chi connectivity index (χ4n) is 3.85. The first-order valence-corrected chi connectivity index (χ1v) is 15.6. The van der Waals surface area contributed by atoms with Gasteiger partial charge >= 0.3 is 12.1 Å². The average molecular weight is 584 g/mol. The summed E-state index contributed by atoms with van der Waals surface area (Å²) < 4.78 is 63.5. The van der Waals surface area contributed by atoms with Gasteiger partial charge in [0.25, 0.3) is 0 Å². The molecule has 3 atom stereocenters. The first kappa shape index (κ1) is 31.4. The largest absolute Gasteiger partial charge is 0.480 e. The Morgan fingerprint density at radius 3 is 2.65 bits per heavy atom. The number of halogens is 3. The van der Waals surface area contributed by atoms with Crippen LogP contribution in [0.25, 0.3) is 11.0 Å². The summed E-state index contributed by atoms with van der Waals surface area (Å²) in [5.74, 6) is 3.33. The van der Waals surface area contributed by atoms with Crippen LogP contribution in [0.15, 0.2) is 18.9 Å². The predicted octanol–water partition coefficient (Wildman–Crippen LogP) is 3.93. The number of nitrogens with one attached hydrogen (secondary N) is 1. The van der Waals surface area contributed by atoms with Crippen molar-refractivity contribution < 1.29 is 36.6 Å². The maximum Gasteiger partial charge on any atom is 0.471 e. The number of methoxy groups -OCH3 is 1. The smallest absolute Gasteiger partial charge is 0.471 e. The van der Waals surface area contributed by atoms with Crippen LogP contribution in [-0.4, -0.2) is 74.0 Å². The number of ether oxygens (including phenoxy) is 3. The first-order valence-electron chi connectivity index (χ1n) is 12.7. The molecule has 0 radical (unpaired) electrons. The Labute approximate surface area is 232 Å². The summed E-state index contributed by atoms with van der Waals surface area (Å²) in [6.45, 7) is 14.7. The van der Waals surface area contributed by atoms with Gasteiger partial charge in [-0.05, 0) is 18.1 Å². The molecule has 0 aromatic carbocycles. The molecule has 0 bridgehead atoms. The molecule has 3 heterocycles. The number of fused-ring (bicyclic) bond motifs is 1. The second-order valence-electron chi connectivity index (χ2n) is 10.8. The van der Waals surface area contributed by atoms with Crippen molar-refractivity contribution in [1.29, 1.82) is 0 Å². The van der Waals surface area contributed by atoms with E-state index < -0.39 is 33.2 Å². The van der Waals surface area contributed by atoms with Crippen LogP contribution in [0.1, 0.15) is 39.0 Å². The summed E-state index contributed by atoms with van der Waals surface area (Å²) in [5.41, 5.74) is 6.66. The fraction of sp³-hybridized carbons (Fsp3) is 0.577. The van der Waals surface area contributed by atoms with Gasteiger partial charge in [0.05, 0.1) is 43.9 Å². The number of aromatic nitrogens is 3. The Kier molecular flexibility index (Phi) is 9.56. The minimum absolute atomic E-state index is 0.0112. The van der Waals surface area contributed by atoms with Gasteiger partial charge in [-0.15, -0.1) is 6.58 Å². The third-order valence-corrected chi connectivity index (χ3v) is 11.5. The number of hydrogen-bond acceptors (Lipinski definition) is 8. The highest BCUT2D eigenvalue weighted by Crippen LogP contribution is 2.40. The SMILES string of the molecule is C=CCO[C@H]1C[C@H](n2cc(C#CCNC(=O)C(F)(F)F)c3c(OC)nc(N)nc32)O[C@@H]1CO[Si](C)(C)C(C)(C)C. The van der Waals surface area contributed by atoms with E-state index in [4.69, 9.17) is 24.4 Å². The van der Waals surface area contributed by atoms with Crippen molar-refractivity contribution in [3.05, 3.63) is 24.4 Å². The molecule has 0 saturated carbocycles. The van der Waals surface area contributed by atoms with Crippen LogP contribution in [0.4, 0.5) is 19.1 Å². The zero-order valence-corrected chi connectivity index (χ0v) is 24.5. The van der Waals surface area contributed by atoms with Gasteiger partial charge in [0, 0.05) is 12.6 Å². The quantitative estimate of drug-likeness (QED) is 0.259. The number of amides is 1. The molecule has 0 unspecified atom stereocenters. The summed E-state index contributed by atoms with van der Waals surface area (Å²) in [7, 11) is -0.666. The van der Waals surface area contributed by atoms with E-state index in [9.17, 15) is 18.0 Å². The van der Waals surface area contributed by atoms with Gasteiger partial charge < -0.3 is 34.3 Å². The molecule has 3 rings (SSSR count). The Balaban J connectivity index is 1.94. The van der Waals surface area contributed by atoms with Gasteiger partial charge in [0.15, 0.2) is 14.0 Å². The number of rotatable bonds is 9. The summed E-state index contributed by atoms with van der Waals surface area (Å²) in [4.78, 5) is 19.6. The highest BCUT2D eigenvalue weighted by molar-refractivity contribution is 6.74. The van der Waals surface area contributed by atoms with E-state index in [0.717, 1.165) is 0 Å². The molecule has 1 fully saturated rings. The molecular formula is C26H36F3N5O5Si. The highest BCUT2D eigenvalue weighted by Gasteiger charge is 2.42. The Bertz CT molecular complexity index is 1300. The molecule has 0 spiro atoms. The first-order chi connectivity index (χ1) is 18.6. The van der Waals surface area contributed by atoms with E-state index >= 15 is 0 Å². The second kappa shape index (κ2) is 12.2. The summed E-state index contributed by atoms with van der Waals surface area (Å²) >= 11 is 0. The van der Waals surface area contributed by atoms with Crippen molar-refractivity contribution in [2.24, 2.45) is 0 Å². The van der Waals surface area contributed by atoms with Crippen molar-refractivity contribution in [2.45, 2.75) is 69.9 Å². The number of hydrogen-bond donors (Lipinski definition) is 2. The molecule has 1 aliphatic heterocycles. The fourth-order valence-corrected chi connectivity index (χ4v) is 4.87. The van der Waals surface area contributed by atoms with Crippen LogP contribution in [-0.2, 0) is 18.7 Å². The highest BCUT2D eigenvalue weighted by atomic mass is 28.4. The van der Waals surface area contributed by atoms with E-state index in [2.05, 4.69) is 62.3 Å². The lowest BCUT2D eigenvalue weighted by Gasteiger charge is -2.37. The van der Waals surface area contributed by atoms with Gasteiger partial charge in [0.1, 0.15) is 12.3 Å². The molecule has 14 heteroatoms. The van der Waals surface area contributed by atoms with Crippen molar-refractivity contribution in [2.75, 3.05) is 32.6 Å². The van der Waals surface area contributed by atoms with Gasteiger partial charge in [-0.2, -0.15) is 23.1 Å². The van der Waals surface area contributed by atoms with Crippen molar-refractivity contribution >= 4 is 31.2 Å². The van der Waals surface area contributed by atoms with Crippen LogP contribution < -0.4 is 15.8 Å². The van der Waals surface area contributed by atoms with E-state index in [1.54, 1.807) is 22.2 Å². The summed E-state index contributed by atoms with van der Waals surface area (Å²) in [6, 6.07) is 0. The molecule has 2 aromatic heterocycles. The molecule has 1 amide bonds. The van der Waals surface area contributed by atoms with Crippen LogP contribution in [0.2, 0.25) is 18.1 Å².